The summed E-state index contributed by atoms with van der Waals surface area (Å²) in [5.41, 5.74) is 5.52. The third-order valence-corrected chi connectivity index (χ3v) is 5.26. The summed E-state index contributed by atoms with van der Waals surface area (Å²) in [7, 11) is 0. The Balaban J connectivity index is 1.54. The second kappa shape index (κ2) is 3.43. The van der Waals surface area contributed by atoms with Gasteiger partial charge in [0.1, 0.15) is 0 Å². The first-order valence-corrected chi connectivity index (χ1v) is 6.81. The van der Waals surface area contributed by atoms with Gasteiger partial charge in [0.05, 0.1) is 6.54 Å². The fourth-order valence-corrected chi connectivity index (χ4v) is 4.86. The molecular weight excluding hydrogens is 214 g/mol. The van der Waals surface area contributed by atoms with Gasteiger partial charge in [-0.05, 0) is 66.9 Å². The van der Waals surface area contributed by atoms with Gasteiger partial charge in [-0.1, -0.05) is 5.10 Å². The molecule has 0 aliphatic heterocycles. The van der Waals surface area contributed by atoms with Gasteiger partial charge in [0.2, 0.25) is 0 Å². The Labute approximate surface area is 101 Å². The van der Waals surface area contributed by atoms with Gasteiger partial charge in [-0.15, -0.1) is 5.10 Å². The number of rotatable bonds is 2. The molecule has 0 saturated heterocycles. The number of nitrogens with two attached hydrogens (primary N) is 1. The molecule has 92 valence electrons. The largest absolute Gasteiger partial charge is 0.365 e. The molecule has 4 saturated carbocycles. The van der Waals surface area contributed by atoms with Crippen LogP contribution in [0.15, 0.2) is 0 Å². The third kappa shape index (κ3) is 1.55. The van der Waals surface area contributed by atoms with Crippen LogP contribution in [0.2, 0.25) is 0 Å². The van der Waals surface area contributed by atoms with Gasteiger partial charge in [-0.3, -0.25) is 0 Å². The molecule has 0 atom stereocenters. The zero-order valence-electron chi connectivity index (χ0n) is 10.00. The molecule has 0 aromatic carbocycles. The van der Waals surface area contributed by atoms with Crippen LogP contribution in [-0.2, 0) is 6.54 Å². The summed E-state index contributed by atoms with van der Waals surface area (Å²) in [4.78, 5) is 1.71. The van der Waals surface area contributed by atoms with Crippen molar-refractivity contribution in [1.82, 2.24) is 20.2 Å². The van der Waals surface area contributed by atoms with Crippen molar-refractivity contribution in [3.05, 3.63) is 0 Å². The van der Waals surface area contributed by atoms with E-state index < -0.39 is 0 Å². The number of hydrogen-bond donors (Lipinski definition) is 1. The minimum Gasteiger partial charge on any atom is -0.365 e. The van der Waals surface area contributed by atoms with Gasteiger partial charge in [-0.25, -0.2) is 0 Å². The topological polar surface area (TPSA) is 69.6 Å². The predicted molar refractivity (Wildman–Crippen MR) is 62.8 cm³/mol. The van der Waals surface area contributed by atoms with Crippen LogP contribution in [0.4, 0.5) is 5.95 Å². The highest BCUT2D eigenvalue weighted by atomic mass is 15.6. The Morgan fingerprint density at radius 1 is 1.06 bits per heavy atom. The van der Waals surface area contributed by atoms with Crippen molar-refractivity contribution in [2.75, 3.05) is 5.73 Å². The average molecular weight is 233 g/mol. The van der Waals surface area contributed by atoms with Crippen molar-refractivity contribution < 1.29 is 0 Å². The predicted octanol–water partition coefficient (Wildman–Crippen LogP) is 1.33. The zero-order chi connectivity index (χ0) is 11.4. The van der Waals surface area contributed by atoms with E-state index in [0.29, 0.717) is 5.95 Å². The summed E-state index contributed by atoms with van der Waals surface area (Å²) in [5.74, 6) is 4.97. The van der Waals surface area contributed by atoms with Gasteiger partial charge in [0.25, 0.3) is 5.95 Å². The van der Waals surface area contributed by atoms with Crippen molar-refractivity contribution in [1.29, 1.82) is 0 Å². The number of aromatic nitrogens is 4. The molecule has 1 heterocycles. The van der Waals surface area contributed by atoms with Gasteiger partial charge >= 0.3 is 0 Å². The van der Waals surface area contributed by atoms with Crippen molar-refractivity contribution >= 4 is 5.95 Å². The maximum Gasteiger partial charge on any atom is 0.260 e. The molecule has 4 aliphatic carbocycles. The third-order valence-electron chi connectivity index (χ3n) is 5.26. The maximum absolute atomic E-state index is 5.52. The van der Waals surface area contributed by atoms with E-state index in [-0.39, 0.29) is 0 Å². The zero-order valence-corrected chi connectivity index (χ0v) is 10.00. The summed E-state index contributed by atoms with van der Waals surface area (Å²) < 4.78 is 0. The summed E-state index contributed by atoms with van der Waals surface area (Å²) in [5, 5.41) is 11.9. The molecule has 0 unspecified atom stereocenters. The van der Waals surface area contributed by atoms with Crippen LogP contribution in [0.25, 0.3) is 0 Å². The smallest absolute Gasteiger partial charge is 0.260 e. The van der Waals surface area contributed by atoms with Crippen molar-refractivity contribution in [3.8, 4) is 0 Å². The highest BCUT2D eigenvalue weighted by Gasteiger charge is 2.48. The van der Waals surface area contributed by atoms with E-state index >= 15 is 0 Å². The molecule has 1 aromatic heterocycles. The summed E-state index contributed by atoms with van der Waals surface area (Å²) in [6.45, 7) is 0.930. The van der Waals surface area contributed by atoms with Crippen LogP contribution in [0.3, 0.4) is 0 Å². The second-order valence-electron chi connectivity index (χ2n) is 6.30. The monoisotopic (exact) mass is 233 g/mol. The van der Waals surface area contributed by atoms with E-state index in [1.165, 1.54) is 32.1 Å². The molecule has 0 amide bonds. The first-order valence-electron chi connectivity index (χ1n) is 6.81. The van der Waals surface area contributed by atoms with Crippen LogP contribution >= 0.6 is 0 Å². The molecule has 0 radical (unpaired) electrons. The molecule has 5 heteroatoms. The SMILES string of the molecule is Nc1nnn(CC2C3CC4CC(C3)CC2C4)n1. The van der Waals surface area contributed by atoms with E-state index in [1.54, 1.807) is 4.80 Å². The number of tetrazole rings is 1. The maximum atomic E-state index is 5.52. The normalized spacial score (nSPS) is 43.2. The number of anilines is 1. The molecule has 5 nitrogen and oxygen atoms in total. The summed E-state index contributed by atoms with van der Waals surface area (Å²) >= 11 is 0. The van der Waals surface area contributed by atoms with Gasteiger partial charge in [-0.2, -0.15) is 4.80 Å². The highest BCUT2D eigenvalue weighted by molar-refractivity contribution is 5.06. The van der Waals surface area contributed by atoms with E-state index in [0.717, 1.165) is 36.1 Å². The van der Waals surface area contributed by atoms with E-state index in [2.05, 4.69) is 15.4 Å². The van der Waals surface area contributed by atoms with Crippen molar-refractivity contribution in [3.63, 3.8) is 0 Å². The minimum atomic E-state index is 0.300. The van der Waals surface area contributed by atoms with Crippen LogP contribution < -0.4 is 5.73 Å². The Hall–Kier alpha value is -1.13. The number of hydrogen-bond acceptors (Lipinski definition) is 4. The second-order valence-corrected chi connectivity index (χ2v) is 6.30. The van der Waals surface area contributed by atoms with E-state index in [4.69, 9.17) is 5.73 Å². The summed E-state index contributed by atoms with van der Waals surface area (Å²) in [6, 6.07) is 0. The molecule has 4 fully saturated rings. The molecule has 4 aliphatic rings. The Morgan fingerprint density at radius 3 is 2.24 bits per heavy atom. The van der Waals surface area contributed by atoms with Gasteiger partial charge in [0.15, 0.2) is 0 Å². The minimum absolute atomic E-state index is 0.300. The molecule has 4 bridgehead atoms. The quantitative estimate of drug-likeness (QED) is 0.836. The first kappa shape index (κ1) is 9.85. The molecule has 1 aromatic rings. The standard InChI is InChI=1S/C12H19N5/c13-12-14-16-17(15-12)6-11-9-2-7-1-8(4-9)5-10(11)3-7/h7-11H,1-6H2,(H2,13,15). The lowest BCUT2D eigenvalue weighted by Gasteiger charge is -2.54. The van der Waals surface area contributed by atoms with Crippen LogP contribution in [0, 0.1) is 29.6 Å². The fraction of sp³-hybridized carbons (Fsp3) is 0.917. The Kier molecular flexibility index (Phi) is 1.99. The van der Waals surface area contributed by atoms with Crippen LogP contribution in [-0.4, -0.2) is 20.2 Å². The average Bonchev–Trinajstić information content (AvgIpc) is 2.68. The van der Waals surface area contributed by atoms with Crippen LogP contribution in [0.5, 0.6) is 0 Å². The number of nitrogens with zero attached hydrogens (tertiary/aromatic N) is 4. The molecule has 5 rings (SSSR count). The van der Waals surface area contributed by atoms with Crippen molar-refractivity contribution in [2.45, 2.75) is 38.6 Å². The van der Waals surface area contributed by atoms with Crippen molar-refractivity contribution in [2.24, 2.45) is 29.6 Å². The lowest BCUT2D eigenvalue weighted by atomic mass is 9.52. The Morgan fingerprint density at radius 2 is 1.71 bits per heavy atom. The lowest BCUT2D eigenvalue weighted by molar-refractivity contribution is -0.0458. The lowest BCUT2D eigenvalue weighted by Crippen LogP contribution is -2.46. The highest BCUT2D eigenvalue weighted by Crippen LogP contribution is 2.56. The first-order chi connectivity index (χ1) is 8.28. The van der Waals surface area contributed by atoms with E-state index in [1.807, 2.05) is 0 Å². The molecule has 0 spiro atoms. The van der Waals surface area contributed by atoms with E-state index in [9.17, 15) is 0 Å². The Bertz CT molecular complexity index is 398. The van der Waals surface area contributed by atoms with Crippen LogP contribution in [0.1, 0.15) is 32.1 Å². The molecule has 17 heavy (non-hydrogen) atoms. The molecule has 2 N–H and O–H groups in total. The summed E-state index contributed by atoms with van der Waals surface area (Å²) in [6.07, 6.45) is 7.29. The number of nitrogen functional groups attached to an aromatic ring is 1. The fourth-order valence-electron chi connectivity index (χ4n) is 4.86. The molecular formula is C12H19N5. The van der Waals surface area contributed by atoms with Gasteiger partial charge < -0.3 is 5.73 Å². The van der Waals surface area contributed by atoms with Gasteiger partial charge in [0, 0.05) is 0 Å².